The highest BCUT2D eigenvalue weighted by atomic mass is 32.1. The Hall–Kier alpha value is -3.25. The number of rotatable bonds is 5. The zero-order valence-corrected chi connectivity index (χ0v) is 18.0. The Bertz CT molecular complexity index is 1250. The number of fused-ring (bicyclic) bond motifs is 1. The lowest BCUT2D eigenvalue weighted by molar-refractivity contribution is -0.119. The molecule has 4 rings (SSSR count). The zero-order valence-electron chi connectivity index (χ0n) is 17.2. The number of carbonyl (C=O) groups is 1. The highest BCUT2D eigenvalue weighted by molar-refractivity contribution is 7.21. The van der Waals surface area contributed by atoms with E-state index in [9.17, 15) is 9.59 Å². The van der Waals surface area contributed by atoms with Crippen molar-refractivity contribution in [1.29, 1.82) is 0 Å². The molecule has 0 bridgehead atoms. The maximum absolute atomic E-state index is 13.2. The number of anilines is 1. The average molecular weight is 418 g/mol. The first-order valence-corrected chi connectivity index (χ1v) is 10.7. The van der Waals surface area contributed by atoms with Gasteiger partial charge < -0.3 is 5.32 Å². The van der Waals surface area contributed by atoms with Crippen molar-refractivity contribution in [2.75, 3.05) is 5.32 Å². The standard InChI is InChI=1S/C24H23N3O2S/c1-4-20(22(28)26-18-11-15(2)10-16(3)12-18)27-14-25-23-19(24(27)29)13-21(30-23)17-8-6-5-7-9-17/h5-14,20H,4H2,1-3H3,(H,26,28). The lowest BCUT2D eigenvalue weighted by Crippen LogP contribution is -2.33. The van der Waals surface area contributed by atoms with Gasteiger partial charge >= 0.3 is 0 Å². The molecule has 1 atom stereocenters. The molecule has 0 aliphatic rings. The van der Waals surface area contributed by atoms with Crippen LogP contribution in [0.15, 0.2) is 65.7 Å². The monoisotopic (exact) mass is 417 g/mol. The van der Waals surface area contributed by atoms with Gasteiger partial charge in [0.15, 0.2) is 0 Å². The SMILES string of the molecule is CCC(C(=O)Nc1cc(C)cc(C)c1)n1cnc2sc(-c3ccccc3)cc2c1=O. The summed E-state index contributed by atoms with van der Waals surface area (Å²) < 4.78 is 1.45. The van der Waals surface area contributed by atoms with E-state index < -0.39 is 6.04 Å². The van der Waals surface area contributed by atoms with Gasteiger partial charge in [-0.3, -0.25) is 14.2 Å². The molecule has 1 unspecified atom stereocenters. The van der Waals surface area contributed by atoms with E-state index in [4.69, 9.17) is 0 Å². The minimum Gasteiger partial charge on any atom is -0.324 e. The highest BCUT2D eigenvalue weighted by Gasteiger charge is 2.22. The molecule has 152 valence electrons. The summed E-state index contributed by atoms with van der Waals surface area (Å²) >= 11 is 1.48. The van der Waals surface area contributed by atoms with Crippen molar-refractivity contribution in [1.82, 2.24) is 9.55 Å². The van der Waals surface area contributed by atoms with E-state index in [2.05, 4.69) is 16.4 Å². The van der Waals surface area contributed by atoms with Crippen molar-refractivity contribution < 1.29 is 4.79 Å². The molecular weight excluding hydrogens is 394 g/mol. The van der Waals surface area contributed by atoms with Crippen molar-refractivity contribution >= 4 is 33.1 Å². The van der Waals surface area contributed by atoms with E-state index in [-0.39, 0.29) is 11.5 Å². The van der Waals surface area contributed by atoms with E-state index >= 15 is 0 Å². The van der Waals surface area contributed by atoms with Crippen LogP contribution in [0.1, 0.15) is 30.5 Å². The minimum atomic E-state index is -0.629. The average Bonchev–Trinajstić information content (AvgIpc) is 3.15. The van der Waals surface area contributed by atoms with E-state index in [0.717, 1.165) is 27.3 Å². The molecule has 0 spiro atoms. The summed E-state index contributed by atoms with van der Waals surface area (Å²) in [4.78, 5) is 32.3. The fourth-order valence-electron chi connectivity index (χ4n) is 3.68. The first-order chi connectivity index (χ1) is 14.5. The van der Waals surface area contributed by atoms with Crippen molar-refractivity contribution in [3.63, 3.8) is 0 Å². The van der Waals surface area contributed by atoms with Crippen LogP contribution in [-0.2, 0) is 4.79 Å². The quantitative estimate of drug-likeness (QED) is 0.477. The number of thiophene rings is 1. The van der Waals surface area contributed by atoms with Gasteiger partial charge in [-0.2, -0.15) is 0 Å². The van der Waals surface area contributed by atoms with Gasteiger partial charge in [0.1, 0.15) is 10.9 Å². The van der Waals surface area contributed by atoms with E-state index in [0.29, 0.717) is 16.6 Å². The second-order valence-corrected chi connectivity index (χ2v) is 8.47. The predicted molar refractivity (Wildman–Crippen MR) is 123 cm³/mol. The Morgan fingerprint density at radius 1 is 1.10 bits per heavy atom. The maximum atomic E-state index is 13.2. The number of aryl methyl sites for hydroxylation is 2. The molecule has 30 heavy (non-hydrogen) atoms. The van der Waals surface area contributed by atoms with Gasteiger partial charge in [-0.15, -0.1) is 11.3 Å². The summed E-state index contributed by atoms with van der Waals surface area (Å²) in [6.45, 7) is 5.87. The molecule has 4 aromatic rings. The summed E-state index contributed by atoms with van der Waals surface area (Å²) in [5, 5.41) is 3.50. The topological polar surface area (TPSA) is 64.0 Å². The summed E-state index contributed by atoms with van der Waals surface area (Å²) in [5.41, 5.74) is 3.74. The molecule has 1 amide bonds. The number of hydrogen-bond donors (Lipinski definition) is 1. The van der Waals surface area contributed by atoms with Crippen LogP contribution < -0.4 is 10.9 Å². The van der Waals surface area contributed by atoms with Gasteiger partial charge in [0.2, 0.25) is 5.91 Å². The maximum Gasteiger partial charge on any atom is 0.262 e. The van der Waals surface area contributed by atoms with Gasteiger partial charge in [0.05, 0.1) is 11.7 Å². The molecule has 2 aromatic carbocycles. The van der Waals surface area contributed by atoms with E-state index in [1.165, 1.54) is 22.2 Å². The third kappa shape index (κ3) is 3.91. The van der Waals surface area contributed by atoms with E-state index in [1.54, 1.807) is 0 Å². The first kappa shape index (κ1) is 20.0. The second-order valence-electron chi connectivity index (χ2n) is 7.44. The number of nitrogens with one attached hydrogen (secondary N) is 1. The number of benzene rings is 2. The van der Waals surface area contributed by atoms with E-state index in [1.807, 2.05) is 69.3 Å². The third-order valence-corrected chi connectivity index (χ3v) is 6.14. The van der Waals surface area contributed by atoms with Gasteiger partial charge in [-0.05, 0) is 55.2 Å². The third-order valence-electron chi connectivity index (χ3n) is 5.05. The lowest BCUT2D eigenvalue weighted by atomic mass is 10.1. The smallest absolute Gasteiger partial charge is 0.262 e. The van der Waals surface area contributed by atoms with Crippen LogP contribution in [0.5, 0.6) is 0 Å². The largest absolute Gasteiger partial charge is 0.324 e. The molecule has 0 fully saturated rings. The summed E-state index contributed by atoms with van der Waals surface area (Å²) in [7, 11) is 0. The van der Waals surface area contributed by atoms with Crippen LogP contribution in [0.4, 0.5) is 5.69 Å². The van der Waals surface area contributed by atoms with Crippen molar-refractivity contribution in [3.8, 4) is 10.4 Å². The summed E-state index contributed by atoms with van der Waals surface area (Å²) in [6, 6.07) is 17.1. The molecule has 6 heteroatoms. The Morgan fingerprint density at radius 2 is 1.80 bits per heavy atom. The molecule has 1 N–H and O–H groups in total. The van der Waals surface area contributed by atoms with Gasteiger partial charge in [-0.1, -0.05) is 43.3 Å². The molecule has 0 radical (unpaired) electrons. The lowest BCUT2D eigenvalue weighted by Gasteiger charge is -2.18. The van der Waals surface area contributed by atoms with Crippen LogP contribution in [0.25, 0.3) is 20.7 Å². The number of hydrogen-bond acceptors (Lipinski definition) is 4. The molecule has 2 heterocycles. The zero-order chi connectivity index (χ0) is 21.3. The van der Waals surface area contributed by atoms with Crippen LogP contribution in [0, 0.1) is 13.8 Å². The highest BCUT2D eigenvalue weighted by Crippen LogP contribution is 2.31. The summed E-state index contributed by atoms with van der Waals surface area (Å²) in [5.74, 6) is -0.218. The molecule has 5 nitrogen and oxygen atoms in total. The van der Waals surface area contributed by atoms with Crippen LogP contribution in [0.3, 0.4) is 0 Å². The molecule has 0 saturated carbocycles. The van der Waals surface area contributed by atoms with Gasteiger partial charge in [-0.25, -0.2) is 4.98 Å². The number of nitrogens with zero attached hydrogens (tertiary/aromatic N) is 2. The second kappa shape index (κ2) is 8.24. The van der Waals surface area contributed by atoms with Crippen LogP contribution >= 0.6 is 11.3 Å². The Labute approximate surface area is 179 Å². The Kier molecular flexibility index (Phi) is 5.50. The molecule has 2 aromatic heterocycles. The van der Waals surface area contributed by atoms with Crippen LogP contribution in [-0.4, -0.2) is 15.5 Å². The summed E-state index contributed by atoms with van der Waals surface area (Å²) in [6.07, 6.45) is 1.98. The molecule has 0 saturated heterocycles. The molecule has 0 aliphatic carbocycles. The molecular formula is C24H23N3O2S. The molecule has 0 aliphatic heterocycles. The number of amides is 1. The van der Waals surface area contributed by atoms with Crippen molar-refractivity contribution in [3.05, 3.63) is 82.4 Å². The Morgan fingerprint density at radius 3 is 2.47 bits per heavy atom. The minimum absolute atomic E-state index is 0.194. The first-order valence-electron chi connectivity index (χ1n) is 9.91. The number of aromatic nitrogens is 2. The predicted octanol–water partition coefficient (Wildman–Crippen LogP) is 5.33. The number of carbonyl (C=O) groups excluding carboxylic acids is 1. The Balaban J connectivity index is 1.68. The normalized spacial score (nSPS) is 12.1. The fourth-order valence-corrected chi connectivity index (χ4v) is 4.68. The van der Waals surface area contributed by atoms with Gasteiger partial charge in [0, 0.05) is 10.6 Å². The fraction of sp³-hybridized carbons (Fsp3) is 0.208. The van der Waals surface area contributed by atoms with Gasteiger partial charge in [0.25, 0.3) is 5.56 Å². The van der Waals surface area contributed by atoms with Crippen molar-refractivity contribution in [2.45, 2.75) is 33.2 Å². The van der Waals surface area contributed by atoms with Crippen molar-refractivity contribution in [2.24, 2.45) is 0 Å². The van der Waals surface area contributed by atoms with Crippen LogP contribution in [0.2, 0.25) is 0 Å².